The van der Waals surface area contributed by atoms with E-state index in [4.69, 9.17) is 19.2 Å². The van der Waals surface area contributed by atoms with Crippen LogP contribution in [0.2, 0.25) is 0 Å². The van der Waals surface area contributed by atoms with E-state index >= 15 is 0 Å². The lowest BCUT2D eigenvalue weighted by Gasteiger charge is -2.26. The fourth-order valence-corrected chi connectivity index (χ4v) is 5.15. The van der Waals surface area contributed by atoms with Crippen LogP contribution in [0.25, 0.3) is 10.9 Å². The number of morpholine rings is 1. The normalized spacial score (nSPS) is 16.4. The number of methoxy groups -OCH3 is 1. The van der Waals surface area contributed by atoms with E-state index in [1.165, 1.54) is 30.1 Å². The molecule has 3 aromatic rings. The van der Waals surface area contributed by atoms with Gasteiger partial charge in [-0.15, -0.1) is 0 Å². The molecule has 0 bridgehead atoms. The molecular weight excluding hydrogens is 518 g/mol. The van der Waals surface area contributed by atoms with Crippen LogP contribution in [-0.4, -0.2) is 71.6 Å². The molecule has 1 aromatic heterocycles. The van der Waals surface area contributed by atoms with Crippen LogP contribution < -0.4 is 15.0 Å². The number of amides is 1. The minimum Gasteiger partial charge on any atom is -0.493 e. The summed E-state index contributed by atoms with van der Waals surface area (Å²) in [4.78, 5) is 43.7. The number of aromatic nitrogens is 2. The van der Waals surface area contributed by atoms with Crippen LogP contribution in [0.1, 0.15) is 49.4 Å². The third-order valence-corrected chi connectivity index (χ3v) is 7.25. The lowest BCUT2D eigenvalue weighted by Crippen LogP contribution is -2.43. The number of hydrogen-bond donors (Lipinski definition) is 0. The van der Waals surface area contributed by atoms with Crippen molar-refractivity contribution < 1.29 is 23.9 Å². The standard InChI is InChI=1S/C28H31N5O7/c1-38-24-16-19(15-23(33(36)37)26(24)40-18-25(34)31-11-13-39-14-12-31)17-29-32-27(20-7-3-2-4-8-20)30-22-10-6-5-9-21(22)28(32)35/h5-6,9-10,15-17,20H,2-4,7-8,11-14,18H2,1H3. The summed E-state index contributed by atoms with van der Waals surface area (Å²) in [6, 6.07) is 9.94. The third-order valence-electron chi connectivity index (χ3n) is 7.25. The van der Waals surface area contributed by atoms with Crippen molar-refractivity contribution in [1.82, 2.24) is 14.6 Å². The van der Waals surface area contributed by atoms with Gasteiger partial charge in [0.1, 0.15) is 5.82 Å². The number of nitro groups is 1. The first kappa shape index (κ1) is 27.3. The molecule has 40 heavy (non-hydrogen) atoms. The molecule has 1 aliphatic carbocycles. The minimum absolute atomic E-state index is 0.0712. The number of para-hydroxylation sites is 1. The Labute approximate surface area is 230 Å². The van der Waals surface area contributed by atoms with Gasteiger partial charge in [0.15, 0.2) is 12.4 Å². The molecule has 12 heteroatoms. The molecule has 0 unspecified atom stereocenters. The molecule has 1 aliphatic heterocycles. The topological polar surface area (TPSA) is 138 Å². The maximum Gasteiger partial charge on any atom is 0.315 e. The average molecular weight is 550 g/mol. The van der Waals surface area contributed by atoms with Crippen molar-refractivity contribution in [2.24, 2.45) is 5.10 Å². The van der Waals surface area contributed by atoms with Gasteiger partial charge in [-0.3, -0.25) is 19.7 Å². The summed E-state index contributed by atoms with van der Waals surface area (Å²) in [6.07, 6.45) is 6.45. The number of nitro benzene ring substituents is 1. The molecule has 1 saturated heterocycles. The molecule has 2 aliphatic rings. The Kier molecular flexibility index (Phi) is 8.34. The fraction of sp³-hybridized carbons (Fsp3) is 0.429. The van der Waals surface area contributed by atoms with E-state index in [2.05, 4.69) is 5.10 Å². The minimum atomic E-state index is -0.606. The van der Waals surface area contributed by atoms with Gasteiger partial charge in [-0.05, 0) is 31.0 Å². The van der Waals surface area contributed by atoms with Crippen molar-refractivity contribution in [3.05, 3.63) is 68.3 Å². The SMILES string of the molecule is COc1cc(C=Nn2c(C3CCCCC3)nc3ccccc3c2=O)cc([N+](=O)[O-])c1OCC(=O)N1CCOCC1. The second kappa shape index (κ2) is 12.2. The van der Waals surface area contributed by atoms with Gasteiger partial charge in [0.2, 0.25) is 5.75 Å². The van der Waals surface area contributed by atoms with Crippen molar-refractivity contribution in [2.75, 3.05) is 40.0 Å². The van der Waals surface area contributed by atoms with E-state index in [9.17, 15) is 19.7 Å². The van der Waals surface area contributed by atoms with Crippen molar-refractivity contribution in [3.8, 4) is 11.5 Å². The Hall–Kier alpha value is -4.32. The summed E-state index contributed by atoms with van der Waals surface area (Å²) in [5, 5.41) is 16.9. The van der Waals surface area contributed by atoms with Crippen molar-refractivity contribution in [3.63, 3.8) is 0 Å². The highest BCUT2D eigenvalue weighted by atomic mass is 16.6. The maximum absolute atomic E-state index is 13.5. The Morgan fingerprint density at radius 1 is 1.20 bits per heavy atom. The Morgan fingerprint density at radius 2 is 1.95 bits per heavy atom. The quantitative estimate of drug-likeness (QED) is 0.236. The van der Waals surface area contributed by atoms with Gasteiger partial charge in [-0.2, -0.15) is 9.78 Å². The molecule has 0 radical (unpaired) electrons. The largest absolute Gasteiger partial charge is 0.493 e. The molecule has 0 spiro atoms. The first-order valence-electron chi connectivity index (χ1n) is 13.4. The smallest absolute Gasteiger partial charge is 0.315 e. The molecular formula is C28H31N5O7. The lowest BCUT2D eigenvalue weighted by molar-refractivity contribution is -0.385. The second-order valence-electron chi connectivity index (χ2n) is 9.79. The van der Waals surface area contributed by atoms with E-state index in [1.54, 1.807) is 17.0 Å². The molecule has 2 heterocycles. The zero-order valence-corrected chi connectivity index (χ0v) is 22.3. The number of rotatable bonds is 8. The highest BCUT2D eigenvalue weighted by Gasteiger charge is 2.26. The summed E-state index contributed by atoms with van der Waals surface area (Å²) in [6.45, 7) is 1.35. The Balaban J connectivity index is 1.48. The number of fused-ring (bicyclic) bond motifs is 1. The molecule has 1 amide bonds. The summed E-state index contributed by atoms with van der Waals surface area (Å²) >= 11 is 0. The lowest BCUT2D eigenvalue weighted by atomic mass is 9.88. The number of carbonyl (C=O) groups is 1. The van der Waals surface area contributed by atoms with E-state index in [0.29, 0.717) is 48.6 Å². The third kappa shape index (κ3) is 5.81. The summed E-state index contributed by atoms with van der Waals surface area (Å²) in [5.41, 5.74) is 0.257. The van der Waals surface area contributed by atoms with Gasteiger partial charge in [0.05, 0.1) is 42.4 Å². The first-order valence-corrected chi connectivity index (χ1v) is 13.4. The fourth-order valence-electron chi connectivity index (χ4n) is 5.15. The monoisotopic (exact) mass is 549 g/mol. The van der Waals surface area contributed by atoms with Gasteiger partial charge in [-0.25, -0.2) is 4.98 Å². The van der Waals surface area contributed by atoms with Crippen molar-refractivity contribution >= 4 is 28.7 Å². The molecule has 2 fully saturated rings. The predicted octanol–water partition coefficient (Wildman–Crippen LogP) is 3.48. The van der Waals surface area contributed by atoms with Gasteiger partial charge in [0, 0.05) is 30.6 Å². The van der Waals surface area contributed by atoms with Crippen molar-refractivity contribution in [1.29, 1.82) is 0 Å². The first-order chi connectivity index (χ1) is 19.5. The molecule has 0 N–H and O–H groups in total. The molecule has 210 valence electrons. The van der Waals surface area contributed by atoms with Gasteiger partial charge in [-0.1, -0.05) is 31.4 Å². The second-order valence-corrected chi connectivity index (χ2v) is 9.79. The number of ether oxygens (including phenoxy) is 3. The van der Waals surface area contributed by atoms with Crippen molar-refractivity contribution in [2.45, 2.75) is 38.0 Å². The molecule has 5 rings (SSSR count). The van der Waals surface area contributed by atoms with Crippen LogP contribution in [-0.2, 0) is 9.53 Å². The molecule has 1 saturated carbocycles. The van der Waals surface area contributed by atoms with E-state index in [-0.39, 0.29) is 41.2 Å². The van der Waals surface area contributed by atoms with Crippen LogP contribution in [0, 0.1) is 10.1 Å². The summed E-state index contributed by atoms with van der Waals surface area (Å²) < 4.78 is 17.6. The van der Waals surface area contributed by atoms with Crippen LogP contribution in [0.4, 0.5) is 5.69 Å². The van der Waals surface area contributed by atoms with Gasteiger partial charge in [0.25, 0.3) is 11.5 Å². The number of benzene rings is 2. The summed E-state index contributed by atoms with van der Waals surface area (Å²) in [7, 11) is 1.36. The number of hydrogen-bond acceptors (Lipinski definition) is 9. The molecule has 0 atom stereocenters. The predicted molar refractivity (Wildman–Crippen MR) is 147 cm³/mol. The Morgan fingerprint density at radius 3 is 2.67 bits per heavy atom. The highest BCUT2D eigenvalue weighted by molar-refractivity contribution is 5.84. The van der Waals surface area contributed by atoms with Crippen LogP contribution in [0.15, 0.2) is 46.3 Å². The number of nitrogens with zero attached hydrogens (tertiary/aromatic N) is 5. The zero-order chi connectivity index (χ0) is 28.1. The van der Waals surface area contributed by atoms with Crippen LogP contribution in [0.3, 0.4) is 0 Å². The zero-order valence-electron chi connectivity index (χ0n) is 22.3. The molecule has 2 aromatic carbocycles. The van der Waals surface area contributed by atoms with Crippen LogP contribution >= 0.6 is 0 Å². The van der Waals surface area contributed by atoms with Crippen LogP contribution in [0.5, 0.6) is 11.5 Å². The maximum atomic E-state index is 13.5. The Bertz CT molecular complexity index is 1490. The molecule has 12 nitrogen and oxygen atoms in total. The number of carbonyl (C=O) groups excluding carboxylic acids is 1. The highest BCUT2D eigenvalue weighted by Crippen LogP contribution is 2.38. The van der Waals surface area contributed by atoms with Gasteiger partial charge < -0.3 is 19.1 Å². The van der Waals surface area contributed by atoms with E-state index < -0.39 is 4.92 Å². The van der Waals surface area contributed by atoms with E-state index in [1.807, 2.05) is 12.1 Å². The average Bonchev–Trinajstić information content (AvgIpc) is 3.00. The van der Waals surface area contributed by atoms with Gasteiger partial charge >= 0.3 is 5.69 Å². The summed E-state index contributed by atoms with van der Waals surface area (Å²) in [5.74, 6) is 0.291. The van der Waals surface area contributed by atoms with E-state index in [0.717, 1.165) is 32.1 Å².